The lowest BCUT2D eigenvalue weighted by atomic mass is 10.2. The van der Waals surface area contributed by atoms with Gasteiger partial charge in [0, 0.05) is 23.2 Å². The van der Waals surface area contributed by atoms with Crippen molar-refractivity contribution in [3.05, 3.63) is 83.7 Å². The predicted octanol–water partition coefficient (Wildman–Crippen LogP) is 4.63. The van der Waals surface area contributed by atoms with E-state index in [4.69, 9.17) is 20.9 Å². The summed E-state index contributed by atoms with van der Waals surface area (Å²) in [5, 5.41) is 4.57. The number of amides is 1. The van der Waals surface area contributed by atoms with Gasteiger partial charge in [-0.05, 0) is 42.0 Å². The monoisotopic (exact) mass is 409 g/mol. The minimum absolute atomic E-state index is 0.168. The molecular weight excluding hydrogens is 390 g/mol. The van der Waals surface area contributed by atoms with Gasteiger partial charge < -0.3 is 14.2 Å². The summed E-state index contributed by atoms with van der Waals surface area (Å²) in [6, 6.07) is 14.6. The smallest absolute Gasteiger partial charge is 0.247 e. The molecule has 0 aliphatic rings. The number of hydrogen-bond donors (Lipinski definition) is 0. The molecule has 3 aromatic rings. The molecule has 29 heavy (non-hydrogen) atoms. The molecule has 1 amide bonds. The summed E-state index contributed by atoms with van der Waals surface area (Å²) in [6.07, 6.45) is 4.78. The van der Waals surface area contributed by atoms with E-state index < -0.39 is 0 Å². The third-order valence-corrected chi connectivity index (χ3v) is 4.46. The number of hydrogen-bond acceptors (Lipinski definition) is 5. The first-order chi connectivity index (χ1) is 14.1. The lowest BCUT2D eigenvalue weighted by Crippen LogP contribution is -2.29. The van der Waals surface area contributed by atoms with E-state index >= 15 is 0 Å². The predicted molar refractivity (Wildman–Crippen MR) is 112 cm³/mol. The number of carbonyl (C=O) groups excluding carboxylic acids is 1. The van der Waals surface area contributed by atoms with E-state index in [2.05, 4.69) is 16.7 Å². The molecule has 6 nitrogen and oxygen atoms in total. The molecule has 0 saturated heterocycles. The standard InChI is InChI=1S/C22H20ClN3O3/c1-3-14-26(21(27)13-10-16-6-4-5-7-19(16)23)15-20-24-22(25-29-20)17-8-11-18(28-2)12-9-17/h3-13H,1,14-15H2,2H3/b13-10+. The fourth-order valence-electron chi connectivity index (χ4n) is 2.60. The van der Waals surface area contributed by atoms with Gasteiger partial charge in [0.1, 0.15) is 12.3 Å². The van der Waals surface area contributed by atoms with Gasteiger partial charge in [-0.15, -0.1) is 6.58 Å². The molecule has 148 valence electrons. The molecule has 0 aliphatic carbocycles. The second-order valence-corrected chi connectivity index (χ2v) is 6.51. The van der Waals surface area contributed by atoms with Gasteiger partial charge in [-0.3, -0.25) is 4.79 Å². The SMILES string of the molecule is C=CCN(Cc1nc(-c2ccc(OC)cc2)no1)C(=O)/C=C/c1ccccc1Cl. The van der Waals surface area contributed by atoms with Crippen LogP contribution in [-0.4, -0.2) is 34.6 Å². The zero-order valence-electron chi connectivity index (χ0n) is 15.9. The molecule has 0 spiro atoms. The number of ether oxygens (including phenoxy) is 1. The van der Waals surface area contributed by atoms with Gasteiger partial charge in [-0.25, -0.2) is 0 Å². The van der Waals surface area contributed by atoms with Gasteiger partial charge >= 0.3 is 0 Å². The van der Waals surface area contributed by atoms with Crippen LogP contribution in [0.5, 0.6) is 5.75 Å². The van der Waals surface area contributed by atoms with Crippen LogP contribution in [0.3, 0.4) is 0 Å². The highest BCUT2D eigenvalue weighted by Crippen LogP contribution is 2.20. The van der Waals surface area contributed by atoms with Gasteiger partial charge in [-0.2, -0.15) is 4.98 Å². The first-order valence-electron chi connectivity index (χ1n) is 8.90. The molecule has 0 unspecified atom stereocenters. The highest BCUT2D eigenvalue weighted by molar-refractivity contribution is 6.32. The highest BCUT2D eigenvalue weighted by Gasteiger charge is 2.15. The van der Waals surface area contributed by atoms with Crippen molar-refractivity contribution in [3.63, 3.8) is 0 Å². The Hall–Kier alpha value is -3.38. The van der Waals surface area contributed by atoms with E-state index in [0.717, 1.165) is 16.9 Å². The second kappa shape index (κ2) is 9.71. The molecule has 0 N–H and O–H groups in total. The lowest BCUT2D eigenvalue weighted by Gasteiger charge is -2.16. The minimum atomic E-state index is -0.214. The Morgan fingerprint density at radius 1 is 1.24 bits per heavy atom. The largest absolute Gasteiger partial charge is 0.497 e. The molecule has 0 fully saturated rings. The van der Waals surface area contributed by atoms with Crippen molar-refractivity contribution >= 4 is 23.6 Å². The summed E-state index contributed by atoms with van der Waals surface area (Å²) in [5.74, 6) is 1.30. The Labute approximate surface area is 174 Å². The molecule has 3 rings (SSSR count). The van der Waals surface area contributed by atoms with Crippen molar-refractivity contribution in [1.82, 2.24) is 15.0 Å². The van der Waals surface area contributed by atoms with E-state index in [0.29, 0.717) is 23.3 Å². The summed E-state index contributed by atoms with van der Waals surface area (Å²) >= 11 is 6.12. The van der Waals surface area contributed by atoms with Crippen molar-refractivity contribution in [2.75, 3.05) is 13.7 Å². The summed E-state index contributed by atoms with van der Waals surface area (Å²) in [6.45, 7) is 4.22. The zero-order valence-corrected chi connectivity index (χ0v) is 16.7. The van der Waals surface area contributed by atoms with Crippen molar-refractivity contribution in [2.45, 2.75) is 6.54 Å². The average molecular weight is 410 g/mol. The van der Waals surface area contributed by atoms with Crippen LogP contribution >= 0.6 is 11.6 Å². The highest BCUT2D eigenvalue weighted by atomic mass is 35.5. The topological polar surface area (TPSA) is 68.5 Å². The van der Waals surface area contributed by atoms with Crippen molar-refractivity contribution in [2.24, 2.45) is 0 Å². The molecule has 1 aromatic heterocycles. The van der Waals surface area contributed by atoms with E-state index in [-0.39, 0.29) is 12.5 Å². The first-order valence-corrected chi connectivity index (χ1v) is 9.28. The quantitative estimate of drug-likeness (QED) is 0.401. The van der Waals surface area contributed by atoms with E-state index in [1.165, 1.54) is 6.08 Å². The van der Waals surface area contributed by atoms with E-state index in [1.807, 2.05) is 42.5 Å². The molecular formula is C22H20ClN3O3. The number of halogens is 1. The minimum Gasteiger partial charge on any atom is -0.497 e. The van der Waals surface area contributed by atoms with Gasteiger partial charge in [0.15, 0.2) is 0 Å². The van der Waals surface area contributed by atoms with E-state index in [9.17, 15) is 4.79 Å². The van der Waals surface area contributed by atoms with Crippen molar-refractivity contribution in [3.8, 4) is 17.1 Å². The maximum absolute atomic E-state index is 12.6. The molecule has 0 radical (unpaired) electrons. The van der Waals surface area contributed by atoms with E-state index in [1.54, 1.807) is 30.2 Å². The molecule has 2 aromatic carbocycles. The molecule has 0 saturated carbocycles. The normalized spacial score (nSPS) is 10.8. The third-order valence-electron chi connectivity index (χ3n) is 4.11. The van der Waals surface area contributed by atoms with Gasteiger partial charge in [0.05, 0.1) is 7.11 Å². The maximum Gasteiger partial charge on any atom is 0.247 e. The molecule has 0 aliphatic heterocycles. The van der Waals surface area contributed by atoms with Gasteiger partial charge in [0.2, 0.25) is 17.6 Å². The average Bonchev–Trinajstić information content (AvgIpc) is 3.21. The maximum atomic E-state index is 12.6. The molecule has 0 bridgehead atoms. The van der Waals surface area contributed by atoms with Crippen LogP contribution in [-0.2, 0) is 11.3 Å². The van der Waals surface area contributed by atoms with Gasteiger partial charge in [-0.1, -0.05) is 41.0 Å². The van der Waals surface area contributed by atoms with Crippen LogP contribution < -0.4 is 4.74 Å². The van der Waals surface area contributed by atoms with Gasteiger partial charge in [0.25, 0.3) is 0 Å². The number of methoxy groups -OCH3 is 1. The number of carbonyl (C=O) groups is 1. The zero-order chi connectivity index (χ0) is 20.6. The van der Waals surface area contributed by atoms with Crippen LogP contribution in [0, 0.1) is 0 Å². The summed E-state index contributed by atoms with van der Waals surface area (Å²) in [4.78, 5) is 18.5. The van der Waals surface area contributed by atoms with Crippen LogP contribution in [0.25, 0.3) is 17.5 Å². The summed E-state index contributed by atoms with van der Waals surface area (Å²) in [5.41, 5.74) is 1.56. The number of nitrogens with zero attached hydrogens (tertiary/aromatic N) is 3. The second-order valence-electron chi connectivity index (χ2n) is 6.10. The van der Waals surface area contributed by atoms with Crippen LogP contribution in [0.2, 0.25) is 5.02 Å². The molecule has 1 heterocycles. The lowest BCUT2D eigenvalue weighted by molar-refractivity contribution is -0.126. The number of benzene rings is 2. The summed E-state index contributed by atoms with van der Waals surface area (Å²) < 4.78 is 10.5. The Morgan fingerprint density at radius 3 is 2.69 bits per heavy atom. The molecule has 0 atom stereocenters. The number of rotatable bonds is 8. The molecule has 7 heteroatoms. The fraction of sp³-hybridized carbons (Fsp3) is 0.136. The Bertz CT molecular complexity index is 1010. The first kappa shape index (κ1) is 20.4. The fourth-order valence-corrected chi connectivity index (χ4v) is 2.80. The van der Waals surface area contributed by atoms with Crippen LogP contribution in [0.4, 0.5) is 0 Å². The Kier molecular flexibility index (Phi) is 6.81. The van der Waals surface area contributed by atoms with Crippen molar-refractivity contribution in [1.29, 1.82) is 0 Å². The van der Waals surface area contributed by atoms with Crippen LogP contribution in [0.1, 0.15) is 11.5 Å². The van der Waals surface area contributed by atoms with Crippen molar-refractivity contribution < 1.29 is 14.1 Å². The Morgan fingerprint density at radius 2 is 2.00 bits per heavy atom. The third kappa shape index (κ3) is 5.33. The number of aromatic nitrogens is 2. The Balaban J connectivity index is 1.71. The van der Waals surface area contributed by atoms with Crippen LogP contribution in [0.15, 0.2) is 71.8 Å². The summed E-state index contributed by atoms with van der Waals surface area (Å²) in [7, 11) is 1.60.